The predicted molar refractivity (Wildman–Crippen MR) is 71.6 cm³/mol. The minimum absolute atomic E-state index is 0.239. The molecule has 0 unspecified atom stereocenters. The van der Waals surface area contributed by atoms with Crippen molar-refractivity contribution in [2.24, 2.45) is 0 Å². The molecule has 0 aliphatic carbocycles. The molecule has 92 valence electrons. The van der Waals surface area contributed by atoms with Gasteiger partial charge < -0.3 is 0 Å². The van der Waals surface area contributed by atoms with Crippen LogP contribution in [0.1, 0.15) is 21.7 Å². The normalized spacial score (nSPS) is 10.0. The van der Waals surface area contributed by atoms with Gasteiger partial charge in [0.15, 0.2) is 0 Å². The summed E-state index contributed by atoms with van der Waals surface area (Å²) in [6.07, 6.45) is 0.964. The average Bonchev–Trinajstić information content (AvgIpc) is 2.91. The first kappa shape index (κ1) is 12.5. The van der Waals surface area contributed by atoms with Crippen molar-refractivity contribution in [3.05, 3.63) is 58.3 Å². The summed E-state index contributed by atoms with van der Waals surface area (Å²) >= 11 is 1.32. The summed E-state index contributed by atoms with van der Waals surface area (Å²) in [5.74, 6) is -0.555. The molecule has 1 aromatic carbocycles. The zero-order valence-corrected chi connectivity index (χ0v) is 10.6. The molecule has 0 radical (unpaired) electrons. The van der Waals surface area contributed by atoms with Gasteiger partial charge in [-0.2, -0.15) is 0 Å². The fraction of sp³-hybridized carbons (Fsp3) is 0.143. The third-order valence-corrected chi connectivity index (χ3v) is 3.35. The number of carbonyl (C=O) groups is 2. The van der Waals surface area contributed by atoms with Gasteiger partial charge in [0.25, 0.3) is 5.91 Å². The van der Waals surface area contributed by atoms with E-state index >= 15 is 0 Å². The first-order valence-electron chi connectivity index (χ1n) is 5.67. The van der Waals surface area contributed by atoms with Crippen LogP contribution in [0.3, 0.4) is 0 Å². The van der Waals surface area contributed by atoms with Crippen LogP contribution >= 0.6 is 11.3 Å². The lowest BCUT2D eigenvalue weighted by atomic mass is 10.1. The van der Waals surface area contributed by atoms with Crippen molar-refractivity contribution >= 4 is 23.2 Å². The average molecular weight is 259 g/mol. The second kappa shape index (κ2) is 6.12. The van der Waals surface area contributed by atoms with Gasteiger partial charge in [0, 0.05) is 6.42 Å². The smallest absolute Gasteiger partial charge is 0.267 e. The summed E-state index contributed by atoms with van der Waals surface area (Å²) in [4.78, 5) is 23.8. The molecule has 3 nitrogen and oxygen atoms in total. The Hall–Kier alpha value is -1.94. The molecule has 4 heteroatoms. The van der Waals surface area contributed by atoms with Crippen LogP contribution in [0.25, 0.3) is 0 Å². The molecule has 2 amide bonds. The van der Waals surface area contributed by atoms with Gasteiger partial charge in [0.1, 0.15) is 0 Å². The molecule has 2 aromatic rings. The minimum Gasteiger partial charge on any atom is -0.292 e. The number of amides is 2. The number of nitrogens with one attached hydrogen (secondary N) is 1. The van der Waals surface area contributed by atoms with Gasteiger partial charge in [0.05, 0.1) is 4.88 Å². The molecule has 0 spiro atoms. The molecule has 1 heterocycles. The topological polar surface area (TPSA) is 46.2 Å². The van der Waals surface area contributed by atoms with Crippen molar-refractivity contribution in [1.29, 1.82) is 0 Å². The number of hydrogen-bond donors (Lipinski definition) is 1. The Kier molecular flexibility index (Phi) is 4.25. The number of thiophene rings is 1. The van der Waals surface area contributed by atoms with Crippen LogP contribution in [0, 0.1) is 0 Å². The van der Waals surface area contributed by atoms with Crippen LogP contribution in [0.2, 0.25) is 0 Å². The monoisotopic (exact) mass is 259 g/mol. The standard InChI is InChI=1S/C14H13NO2S/c16-13(9-8-11-5-2-1-3-6-11)15-14(17)12-7-4-10-18-12/h1-7,10H,8-9H2,(H,15,16,17). The van der Waals surface area contributed by atoms with Gasteiger partial charge in [-0.25, -0.2) is 0 Å². The van der Waals surface area contributed by atoms with Crippen molar-refractivity contribution in [1.82, 2.24) is 5.32 Å². The van der Waals surface area contributed by atoms with Crippen LogP contribution < -0.4 is 5.32 Å². The summed E-state index contributed by atoms with van der Waals surface area (Å²) in [6, 6.07) is 13.2. The van der Waals surface area contributed by atoms with Crippen LogP contribution in [0.4, 0.5) is 0 Å². The Morgan fingerprint density at radius 1 is 1.06 bits per heavy atom. The fourth-order valence-electron chi connectivity index (χ4n) is 1.56. The van der Waals surface area contributed by atoms with E-state index in [1.165, 1.54) is 11.3 Å². The Morgan fingerprint density at radius 3 is 2.50 bits per heavy atom. The van der Waals surface area contributed by atoms with Crippen molar-refractivity contribution in [2.75, 3.05) is 0 Å². The molecule has 1 aromatic heterocycles. The summed E-state index contributed by atoms with van der Waals surface area (Å²) in [5.41, 5.74) is 1.09. The van der Waals surface area contributed by atoms with E-state index in [1.807, 2.05) is 35.7 Å². The molecule has 18 heavy (non-hydrogen) atoms. The number of imide groups is 1. The van der Waals surface area contributed by atoms with E-state index in [-0.39, 0.29) is 11.8 Å². The molecule has 0 aliphatic heterocycles. The molecule has 0 bridgehead atoms. The maximum Gasteiger partial charge on any atom is 0.267 e. The lowest BCUT2D eigenvalue weighted by molar-refractivity contribution is -0.120. The van der Waals surface area contributed by atoms with Crippen molar-refractivity contribution in [3.8, 4) is 0 Å². The lowest BCUT2D eigenvalue weighted by Crippen LogP contribution is -2.29. The van der Waals surface area contributed by atoms with E-state index in [0.717, 1.165) is 5.56 Å². The Morgan fingerprint density at radius 2 is 1.83 bits per heavy atom. The second-order valence-electron chi connectivity index (χ2n) is 3.84. The van der Waals surface area contributed by atoms with E-state index in [0.29, 0.717) is 17.7 Å². The molecule has 0 saturated carbocycles. The Balaban J connectivity index is 1.81. The molecule has 0 atom stereocenters. The van der Waals surface area contributed by atoms with Crippen LogP contribution in [-0.2, 0) is 11.2 Å². The quantitative estimate of drug-likeness (QED) is 0.917. The van der Waals surface area contributed by atoms with Crippen molar-refractivity contribution in [3.63, 3.8) is 0 Å². The van der Waals surface area contributed by atoms with Gasteiger partial charge in [0.2, 0.25) is 5.91 Å². The molecule has 0 aliphatic rings. The molecule has 1 N–H and O–H groups in total. The van der Waals surface area contributed by atoms with E-state index < -0.39 is 0 Å². The van der Waals surface area contributed by atoms with Gasteiger partial charge in [-0.15, -0.1) is 11.3 Å². The van der Waals surface area contributed by atoms with E-state index in [4.69, 9.17) is 0 Å². The Labute approximate surface area is 109 Å². The predicted octanol–water partition coefficient (Wildman–Crippen LogP) is 2.64. The number of rotatable bonds is 4. The van der Waals surface area contributed by atoms with Crippen molar-refractivity contribution in [2.45, 2.75) is 12.8 Å². The molecule has 2 rings (SSSR count). The molecule has 0 saturated heterocycles. The maximum atomic E-state index is 11.6. The summed E-state index contributed by atoms with van der Waals surface area (Å²) in [6.45, 7) is 0. The maximum absolute atomic E-state index is 11.6. The van der Waals surface area contributed by atoms with Gasteiger partial charge in [-0.1, -0.05) is 36.4 Å². The van der Waals surface area contributed by atoms with E-state index in [9.17, 15) is 9.59 Å². The number of benzene rings is 1. The van der Waals surface area contributed by atoms with Crippen LogP contribution in [-0.4, -0.2) is 11.8 Å². The fourth-order valence-corrected chi connectivity index (χ4v) is 2.18. The first-order chi connectivity index (χ1) is 8.75. The second-order valence-corrected chi connectivity index (χ2v) is 4.79. The lowest BCUT2D eigenvalue weighted by Gasteiger charge is -2.02. The highest BCUT2D eigenvalue weighted by Gasteiger charge is 2.10. The SMILES string of the molecule is O=C(CCc1ccccc1)NC(=O)c1cccs1. The number of hydrogen-bond acceptors (Lipinski definition) is 3. The molecular weight excluding hydrogens is 246 g/mol. The number of carbonyl (C=O) groups excluding carboxylic acids is 2. The first-order valence-corrected chi connectivity index (χ1v) is 6.55. The van der Waals surface area contributed by atoms with Gasteiger partial charge in [-0.3, -0.25) is 14.9 Å². The highest BCUT2D eigenvalue weighted by molar-refractivity contribution is 7.12. The Bertz CT molecular complexity index is 520. The van der Waals surface area contributed by atoms with Gasteiger partial charge >= 0.3 is 0 Å². The summed E-state index contributed by atoms with van der Waals surface area (Å²) < 4.78 is 0. The highest BCUT2D eigenvalue weighted by Crippen LogP contribution is 2.08. The largest absolute Gasteiger partial charge is 0.292 e. The third kappa shape index (κ3) is 3.53. The highest BCUT2D eigenvalue weighted by atomic mass is 32.1. The molecular formula is C14H13NO2S. The zero-order chi connectivity index (χ0) is 12.8. The zero-order valence-electron chi connectivity index (χ0n) is 9.76. The van der Waals surface area contributed by atoms with Gasteiger partial charge in [-0.05, 0) is 23.4 Å². The van der Waals surface area contributed by atoms with Crippen molar-refractivity contribution < 1.29 is 9.59 Å². The van der Waals surface area contributed by atoms with Crippen LogP contribution in [0.15, 0.2) is 47.8 Å². The van der Waals surface area contributed by atoms with Crippen LogP contribution in [0.5, 0.6) is 0 Å². The van der Waals surface area contributed by atoms with E-state index in [2.05, 4.69) is 5.32 Å². The molecule has 0 fully saturated rings. The number of aryl methyl sites for hydroxylation is 1. The van der Waals surface area contributed by atoms with E-state index in [1.54, 1.807) is 12.1 Å². The summed E-state index contributed by atoms with van der Waals surface area (Å²) in [7, 11) is 0. The third-order valence-electron chi connectivity index (χ3n) is 2.48. The minimum atomic E-state index is -0.317. The summed E-state index contributed by atoms with van der Waals surface area (Å²) in [5, 5.41) is 4.19.